The number of amides is 3. The van der Waals surface area contributed by atoms with Crippen LogP contribution >= 0.6 is 11.8 Å². The van der Waals surface area contributed by atoms with E-state index >= 15 is 0 Å². The normalized spacial score (nSPS) is 38.5. The highest BCUT2D eigenvalue weighted by Gasteiger charge is 2.75. The Morgan fingerprint density at radius 1 is 1.35 bits per heavy atom. The van der Waals surface area contributed by atoms with E-state index in [9.17, 15) is 19.5 Å². The number of β-amino-alcohol motifs (C(OH)–C–C–N with tert-alkyl or cyclic N) is 1. The summed E-state index contributed by atoms with van der Waals surface area (Å²) in [5, 5.41) is 15.2. The van der Waals surface area contributed by atoms with Gasteiger partial charge in [-0.2, -0.15) is 0 Å². The fourth-order valence-electron chi connectivity index (χ4n) is 5.07. The average Bonchev–Trinajstić information content (AvgIpc) is 3.10. The monoisotopic (exact) mass is 383 g/mol. The topological polar surface area (TPSA) is 98.7 Å². The van der Waals surface area contributed by atoms with Crippen molar-refractivity contribution in [3.05, 3.63) is 0 Å². The first-order chi connectivity index (χ1) is 12.1. The Morgan fingerprint density at radius 3 is 2.54 bits per heavy atom. The SMILES string of the molecule is CNC(=O)[C@@H]1[C@@H]2CC(C)C3(S2)C(C(=O)NC(C)(C)C)N(CCO)C(=O)[C@H]13. The molecule has 0 aromatic carbocycles. The van der Waals surface area contributed by atoms with Gasteiger partial charge < -0.3 is 20.6 Å². The molecule has 8 heteroatoms. The molecule has 3 aliphatic heterocycles. The van der Waals surface area contributed by atoms with E-state index in [1.54, 1.807) is 18.8 Å². The van der Waals surface area contributed by atoms with E-state index < -0.39 is 28.2 Å². The number of likely N-dealkylation sites (tertiary alicyclic amines) is 1. The van der Waals surface area contributed by atoms with Crippen molar-refractivity contribution in [2.75, 3.05) is 20.2 Å². The third-order valence-corrected chi connectivity index (χ3v) is 7.96. The number of aliphatic hydroxyl groups excluding tert-OH is 1. The summed E-state index contributed by atoms with van der Waals surface area (Å²) in [4.78, 5) is 40.5. The van der Waals surface area contributed by atoms with Crippen molar-refractivity contribution >= 4 is 29.5 Å². The zero-order valence-electron chi connectivity index (χ0n) is 16.0. The fraction of sp³-hybridized carbons (Fsp3) is 0.833. The van der Waals surface area contributed by atoms with Crippen LogP contribution in [0.25, 0.3) is 0 Å². The largest absolute Gasteiger partial charge is 0.395 e. The van der Waals surface area contributed by atoms with Gasteiger partial charge in [-0.25, -0.2) is 0 Å². The first-order valence-corrected chi connectivity index (χ1v) is 10.1. The Morgan fingerprint density at radius 2 is 2.00 bits per heavy atom. The van der Waals surface area contributed by atoms with E-state index in [0.717, 1.165) is 6.42 Å². The van der Waals surface area contributed by atoms with Crippen LogP contribution in [-0.4, -0.2) is 69.5 Å². The van der Waals surface area contributed by atoms with Crippen molar-refractivity contribution in [1.29, 1.82) is 0 Å². The number of nitrogens with zero attached hydrogens (tertiary/aromatic N) is 1. The number of hydrogen-bond acceptors (Lipinski definition) is 5. The molecule has 3 unspecified atom stereocenters. The lowest BCUT2D eigenvalue weighted by molar-refractivity contribution is -0.140. The van der Waals surface area contributed by atoms with Gasteiger partial charge in [0, 0.05) is 24.4 Å². The molecule has 3 rings (SSSR count). The van der Waals surface area contributed by atoms with Gasteiger partial charge in [-0.3, -0.25) is 14.4 Å². The third kappa shape index (κ3) is 2.64. The lowest BCUT2D eigenvalue weighted by Crippen LogP contribution is -2.59. The van der Waals surface area contributed by atoms with Gasteiger partial charge in [0.1, 0.15) is 6.04 Å². The van der Waals surface area contributed by atoms with Crippen molar-refractivity contribution in [2.45, 2.75) is 55.7 Å². The molecule has 146 valence electrons. The summed E-state index contributed by atoms with van der Waals surface area (Å²) in [7, 11) is 1.59. The molecule has 3 amide bonds. The summed E-state index contributed by atoms with van der Waals surface area (Å²) in [6, 6.07) is -0.661. The van der Waals surface area contributed by atoms with Gasteiger partial charge in [-0.05, 0) is 33.1 Å². The summed E-state index contributed by atoms with van der Waals surface area (Å²) in [6.07, 6.45) is 0.818. The molecule has 0 radical (unpaired) electrons. The molecule has 0 aliphatic carbocycles. The van der Waals surface area contributed by atoms with Crippen LogP contribution in [0.3, 0.4) is 0 Å². The number of carbonyl (C=O) groups is 3. The van der Waals surface area contributed by atoms with Crippen LogP contribution in [0.15, 0.2) is 0 Å². The van der Waals surface area contributed by atoms with Crippen molar-refractivity contribution < 1.29 is 19.5 Å². The summed E-state index contributed by atoms with van der Waals surface area (Å²) in [5.74, 6) is -1.28. The van der Waals surface area contributed by atoms with Crippen LogP contribution in [0.4, 0.5) is 0 Å². The van der Waals surface area contributed by atoms with Gasteiger partial charge in [-0.15, -0.1) is 11.8 Å². The van der Waals surface area contributed by atoms with E-state index in [2.05, 4.69) is 17.6 Å². The molecule has 3 saturated heterocycles. The van der Waals surface area contributed by atoms with Crippen LogP contribution in [0.5, 0.6) is 0 Å². The van der Waals surface area contributed by atoms with Gasteiger partial charge >= 0.3 is 0 Å². The lowest BCUT2D eigenvalue weighted by Gasteiger charge is -2.39. The van der Waals surface area contributed by atoms with Crippen molar-refractivity contribution in [3.8, 4) is 0 Å². The van der Waals surface area contributed by atoms with Gasteiger partial charge in [0.2, 0.25) is 17.7 Å². The molecule has 0 aromatic heterocycles. The first-order valence-electron chi connectivity index (χ1n) is 9.21. The number of carbonyl (C=O) groups excluding carboxylic acids is 3. The van der Waals surface area contributed by atoms with Crippen LogP contribution < -0.4 is 10.6 Å². The molecule has 6 atom stereocenters. The van der Waals surface area contributed by atoms with Crippen LogP contribution in [0.2, 0.25) is 0 Å². The molecule has 7 nitrogen and oxygen atoms in total. The molecular formula is C18H29N3O4S. The highest BCUT2D eigenvalue weighted by atomic mass is 32.2. The predicted molar refractivity (Wildman–Crippen MR) is 99.4 cm³/mol. The molecule has 0 saturated carbocycles. The van der Waals surface area contributed by atoms with Gasteiger partial charge in [0.15, 0.2) is 0 Å². The zero-order chi connectivity index (χ0) is 19.4. The third-order valence-electron chi connectivity index (χ3n) is 5.88. The molecule has 26 heavy (non-hydrogen) atoms. The fourth-order valence-corrected chi connectivity index (χ4v) is 7.49. The van der Waals surface area contributed by atoms with E-state index in [1.165, 1.54) is 4.90 Å². The molecule has 1 spiro atoms. The maximum Gasteiger partial charge on any atom is 0.244 e. The van der Waals surface area contributed by atoms with Crippen molar-refractivity contribution in [3.63, 3.8) is 0 Å². The van der Waals surface area contributed by atoms with Crippen LogP contribution in [0, 0.1) is 17.8 Å². The lowest BCUT2D eigenvalue weighted by atomic mass is 9.66. The Hall–Kier alpha value is -1.28. The van der Waals surface area contributed by atoms with E-state index in [0.29, 0.717) is 0 Å². The minimum absolute atomic E-state index is 0.0557. The van der Waals surface area contributed by atoms with Gasteiger partial charge in [-0.1, -0.05) is 6.92 Å². The van der Waals surface area contributed by atoms with E-state index in [1.807, 2.05) is 20.8 Å². The quantitative estimate of drug-likeness (QED) is 0.634. The maximum absolute atomic E-state index is 13.3. The highest BCUT2D eigenvalue weighted by molar-refractivity contribution is 8.02. The second kappa shape index (κ2) is 6.41. The van der Waals surface area contributed by atoms with Gasteiger partial charge in [0.25, 0.3) is 0 Å². The summed E-state index contributed by atoms with van der Waals surface area (Å²) in [6.45, 7) is 7.70. The first kappa shape index (κ1) is 19.5. The molecular weight excluding hydrogens is 354 g/mol. The second-order valence-corrected chi connectivity index (χ2v) is 10.2. The summed E-state index contributed by atoms with van der Waals surface area (Å²) < 4.78 is -0.608. The van der Waals surface area contributed by atoms with Crippen molar-refractivity contribution in [1.82, 2.24) is 15.5 Å². The molecule has 3 aliphatic rings. The number of rotatable bonds is 4. The Bertz CT molecular complexity index is 634. The second-order valence-electron chi connectivity index (χ2n) is 8.66. The molecule has 3 fully saturated rings. The minimum atomic E-state index is -0.661. The average molecular weight is 384 g/mol. The molecule has 3 heterocycles. The number of thioether (sulfide) groups is 1. The molecule has 0 aromatic rings. The predicted octanol–water partition coefficient (Wildman–Crippen LogP) is -0.0234. The summed E-state index contributed by atoms with van der Waals surface area (Å²) >= 11 is 1.64. The maximum atomic E-state index is 13.3. The number of nitrogens with one attached hydrogen (secondary N) is 2. The Labute approximate surface area is 158 Å². The molecule has 3 N–H and O–H groups in total. The number of aliphatic hydroxyl groups is 1. The van der Waals surface area contributed by atoms with E-state index in [-0.39, 0.29) is 42.0 Å². The molecule has 2 bridgehead atoms. The highest BCUT2D eigenvalue weighted by Crippen LogP contribution is 2.68. The van der Waals surface area contributed by atoms with E-state index in [4.69, 9.17) is 0 Å². The number of hydrogen-bond donors (Lipinski definition) is 3. The van der Waals surface area contributed by atoms with Crippen LogP contribution in [-0.2, 0) is 14.4 Å². The number of fused-ring (bicyclic) bond motifs is 1. The standard InChI is InChI=1S/C18H29N3O4S/c1-9-8-10-11(14(23)19-5)12-16(25)21(6-7-22)13(18(9,12)26-10)15(24)20-17(2,3)4/h9-13,22H,6-8H2,1-5H3,(H,19,23)(H,20,24)/t9?,10-,11+,12-,13?,18?/m0/s1. The van der Waals surface area contributed by atoms with Crippen LogP contribution in [0.1, 0.15) is 34.1 Å². The Kier molecular flexibility index (Phi) is 4.80. The van der Waals surface area contributed by atoms with Gasteiger partial charge in [0.05, 0.1) is 23.2 Å². The summed E-state index contributed by atoms with van der Waals surface area (Å²) in [5.41, 5.74) is -0.426. The minimum Gasteiger partial charge on any atom is -0.395 e. The van der Waals surface area contributed by atoms with Crippen molar-refractivity contribution in [2.24, 2.45) is 17.8 Å². The smallest absolute Gasteiger partial charge is 0.244 e. The Balaban J connectivity index is 2.06. The zero-order valence-corrected chi connectivity index (χ0v) is 16.9.